The van der Waals surface area contributed by atoms with Crippen LogP contribution < -0.4 is 4.74 Å². The lowest BCUT2D eigenvalue weighted by Gasteiger charge is -2.29. The molecule has 0 aromatic heterocycles. The summed E-state index contributed by atoms with van der Waals surface area (Å²) in [7, 11) is 0. The van der Waals surface area contributed by atoms with Crippen molar-refractivity contribution in [2.75, 3.05) is 19.8 Å². The molecular formula is C31H32F4O3. The lowest BCUT2D eigenvalue weighted by Crippen LogP contribution is -2.27. The minimum absolute atomic E-state index is 0.00793. The maximum Gasteiger partial charge on any atom is 0.201 e. The number of ether oxygens (including phenoxy) is 3. The molecule has 1 aliphatic rings. The van der Waals surface area contributed by atoms with Crippen LogP contribution in [0.25, 0.3) is 22.3 Å². The zero-order valence-corrected chi connectivity index (χ0v) is 21.6. The lowest BCUT2D eigenvalue weighted by molar-refractivity contribution is -0.207. The molecule has 1 fully saturated rings. The molecule has 0 aliphatic carbocycles. The second kappa shape index (κ2) is 13.1. The SMILES string of the molecule is C/C=C/CCC1COC(c2ccc(-c3ccc(-c4ccc(OCCCC)c(F)c4F)cc3)c(F)c2F)OC1. The monoisotopic (exact) mass is 528 g/mol. The first-order valence-electron chi connectivity index (χ1n) is 13.0. The van der Waals surface area contributed by atoms with E-state index >= 15 is 8.78 Å². The number of halogens is 4. The van der Waals surface area contributed by atoms with Gasteiger partial charge in [-0.2, -0.15) is 4.39 Å². The van der Waals surface area contributed by atoms with Gasteiger partial charge in [0.2, 0.25) is 5.82 Å². The summed E-state index contributed by atoms with van der Waals surface area (Å²) in [5.41, 5.74) is 0.898. The highest BCUT2D eigenvalue weighted by molar-refractivity contribution is 5.71. The van der Waals surface area contributed by atoms with Gasteiger partial charge in [-0.15, -0.1) is 0 Å². The molecule has 0 radical (unpaired) electrons. The Morgan fingerprint density at radius 2 is 1.42 bits per heavy atom. The maximum absolute atomic E-state index is 15.1. The summed E-state index contributed by atoms with van der Waals surface area (Å²) >= 11 is 0. The van der Waals surface area contributed by atoms with Crippen molar-refractivity contribution in [1.82, 2.24) is 0 Å². The Balaban J connectivity index is 1.48. The summed E-state index contributed by atoms with van der Waals surface area (Å²) in [6, 6.07) is 11.9. The van der Waals surface area contributed by atoms with Crippen LogP contribution in [0.3, 0.4) is 0 Å². The third-order valence-corrected chi connectivity index (χ3v) is 6.62. The summed E-state index contributed by atoms with van der Waals surface area (Å²) < 4.78 is 76.0. The smallest absolute Gasteiger partial charge is 0.201 e. The van der Waals surface area contributed by atoms with Crippen LogP contribution in [-0.2, 0) is 9.47 Å². The molecule has 0 spiro atoms. The van der Waals surface area contributed by atoms with Crippen LogP contribution in [-0.4, -0.2) is 19.8 Å². The van der Waals surface area contributed by atoms with Crippen LogP contribution in [0.2, 0.25) is 0 Å². The molecule has 0 atom stereocenters. The van der Waals surface area contributed by atoms with Gasteiger partial charge >= 0.3 is 0 Å². The molecule has 0 amide bonds. The molecule has 38 heavy (non-hydrogen) atoms. The van der Waals surface area contributed by atoms with Crippen LogP contribution in [0, 0.1) is 29.2 Å². The molecule has 4 rings (SSSR count). The molecule has 202 valence electrons. The van der Waals surface area contributed by atoms with E-state index in [-0.39, 0.29) is 28.4 Å². The van der Waals surface area contributed by atoms with E-state index in [2.05, 4.69) is 6.08 Å². The van der Waals surface area contributed by atoms with Gasteiger partial charge in [-0.1, -0.05) is 61.9 Å². The molecule has 3 aromatic rings. The fourth-order valence-electron chi connectivity index (χ4n) is 4.38. The molecule has 1 saturated heterocycles. The number of unbranched alkanes of at least 4 members (excludes halogenated alkanes) is 1. The van der Waals surface area contributed by atoms with Gasteiger partial charge in [0, 0.05) is 22.6 Å². The molecule has 0 N–H and O–H groups in total. The third kappa shape index (κ3) is 6.27. The van der Waals surface area contributed by atoms with E-state index in [1.807, 2.05) is 19.9 Å². The Bertz CT molecular complexity index is 1250. The standard InChI is InChI=1S/C31H32F4O3/c1-3-5-7-8-20-18-37-31(38-19-20)25-14-13-23(27(32)29(25)34)21-9-11-22(12-10-21)24-15-16-26(30(35)28(24)33)36-17-6-4-2/h3,5,9-16,20,31H,4,6-8,17-19H2,1-2H3/b5-3+. The first-order valence-corrected chi connectivity index (χ1v) is 13.0. The second-order valence-corrected chi connectivity index (χ2v) is 9.36. The summed E-state index contributed by atoms with van der Waals surface area (Å²) in [4.78, 5) is 0. The van der Waals surface area contributed by atoms with Crippen molar-refractivity contribution < 1.29 is 31.8 Å². The fraction of sp³-hybridized carbons (Fsp3) is 0.355. The zero-order chi connectivity index (χ0) is 27.1. The van der Waals surface area contributed by atoms with Gasteiger partial charge in [0.15, 0.2) is 29.5 Å². The molecule has 3 nitrogen and oxygen atoms in total. The van der Waals surface area contributed by atoms with Crippen LogP contribution in [0.1, 0.15) is 51.4 Å². The van der Waals surface area contributed by atoms with Crippen LogP contribution in [0.15, 0.2) is 60.7 Å². The van der Waals surface area contributed by atoms with Crippen molar-refractivity contribution in [2.24, 2.45) is 5.92 Å². The summed E-state index contributed by atoms with van der Waals surface area (Å²) in [6.07, 6.45) is 6.52. The predicted molar refractivity (Wildman–Crippen MR) is 140 cm³/mol. The molecule has 7 heteroatoms. The fourth-order valence-corrected chi connectivity index (χ4v) is 4.38. The molecule has 3 aromatic carbocycles. The minimum Gasteiger partial charge on any atom is -0.490 e. The molecule has 1 aliphatic heterocycles. The van der Waals surface area contributed by atoms with E-state index in [1.54, 1.807) is 12.1 Å². The van der Waals surface area contributed by atoms with Crippen molar-refractivity contribution in [3.8, 4) is 28.0 Å². The van der Waals surface area contributed by atoms with E-state index in [1.165, 1.54) is 36.4 Å². The normalized spacial score (nSPS) is 17.7. The Morgan fingerprint density at radius 1 is 0.816 bits per heavy atom. The lowest BCUT2D eigenvalue weighted by atomic mass is 9.98. The quantitative estimate of drug-likeness (QED) is 0.150. The van der Waals surface area contributed by atoms with Crippen LogP contribution in [0.5, 0.6) is 5.75 Å². The van der Waals surface area contributed by atoms with Gasteiger partial charge in [-0.25, -0.2) is 13.2 Å². The first kappa shape index (κ1) is 27.9. The predicted octanol–water partition coefficient (Wildman–Crippen LogP) is 8.77. The van der Waals surface area contributed by atoms with E-state index in [0.717, 1.165) is 25.7 Å². The summed E-state index contributed by atoms with van der Waals surface area (Å²) in [5, 5.41) is 0. The molecular weight excluding hydrogens is 496 g/mol. The molecule has 1 heterocycles. The van der Waals surface area contributed by atoms with Crippen molar-refractivity contribution >= 4 is 0 Å². The van der Waals surface area contributed by atoms with Crippen LogP contribution in [0.4, 0.5) is 17.6 Å². The average molecular weight is 529 g/mol. The Kier molecular flexibility index (Phi) is 9.58. The van der Waals surface area contributed by atoms with Gasteiger partial charge in [-0.3, -0.25) is 0 Å². The highest BCUT2D eigenvalue weighted by Crippen LogP contribution is 2.35. The van der Waals surface area contributed by atoms with Crippen molar-refractivity contribution in [2.45, 2.75) is 45.8 Å². The summed E-state index contributed by atoms with van der Waals surface area (Å²) in [5.74, 6) is -4.06. The maximum atomic E-state index is 15.1. The number of hydrogen-bond acceptors (Lipinski definition) is 3. The third-order valence-electron chi connectivity index (χ3n) is 6.62. The van der Waals surface area contributed by atoms with Gasteiger partial charge in [0.25, 0.3) is 0 Å². The van der Waals surface area contributed by atoms with Crippen molar-refractivity contribution in [1.29, 1.82) is 0 Å². The number of allylic oxidation sites excluding steroid dienone is 2. The largest absolute Gasteiger partial charge is 0.490 e. The number of hydrogen-bond donors (Lipinski definition) is 0. The minimum atomic E-state index is -1.05. The van der Waals surface area contributed by atoms with E-state index in [0.29, 0.717) is 30.9 Å². The zero-order valence-electron chi connectivity index (χ0n) is 21.6. The summed E-state index contributed by atoms with van der Waals surface area (Å²) in [6.45, 7) is 5.07. The van der Waals surface area contributed by atoms with Crippen molar-refractivity contribution in [3.05, 3.63) is 89.5 Å². The van der Waals surface area contributed by atoms with Crippen LogP contribution >= 0.6 is 0 Å². The van der Waals surface area contributed by atoms with Gasteiger partial charge in [0.05, 0.1) is 19.8 Å². The van der Waals surface area contributed by atoms with E-state index in [4.69, 9.17) is 14.2 Å². The highest BCUT2D eigenvalue weighted by Gasteiger charge is 2.28. The van der Waals surface area contributed by atoms with Gasteiger partial charge < -0.3 is 14.2 Å². The number of benzene rings is 3. The van der Waals surface area contributed by atoms with Crippen molar-refractivity contribution in [3.63, 3.8) is 0 Å². The van der Waals surface area contributed by atoms with E-state index < -0.39 is 29.6 Å². The first-order chi connectivity index (χ1) is 18.4. The second-order valence-electron chi connectivity index (χ2n) is 9.36. The number of rotatable bonds is 10. The molecule has 0 bridgehead atoms. The highest BCUT2D eigenvalue weighted by atomic mass is 19.2. The topological polar surface area (TPSA) is 27.7 Å². The Hall–Kier alpha value is -3.16. The Labute approximate surface area is 221 Å². The average Bonchev–Trinajstić information content (AvgIpc) is 2.94. The molecule has 0 saturated carbocycles. The Morgan fingerprint density at radius 3 is 2.03 bits per heavy atom. The van der Waals surface area contributed by atoms with Gasteiger partial charge in [-0.05, 0) is 49.4 Å². The molecule has 0 unspecified atom stereocenters. The van der Waals surface area contributed by atoms with Gasteiger partial charge in [0.1, 0.15) is 0 Å². The van der Waals surface area contributed by atoms with E-state index in [9.17, 15) is 8.78 Å².